The third-order valence-electron chi connectivity index (χ3n) is 3.92. The number of rotatable bonds is 4. The van der Waals surface area contributed by atoms with Crippen molar-refractivity contribution in [3.63, 3.8) is 0 Å². The van der Waals surface area contributed by atoms with Gasteiger partial charge in [0, 0.05) is 32.9 Å². The number of carbonyl (C=O) groups is 1. The predicted molar refractivity (Wildman–Crippen MR) is 83.9 cm³/mol. The summed E-state index contributed by atoms with van der Waals surface area (Å²) in [6.07, 6.45) is 2.54. The number of nitrogens with one attached hydrogen (secondary N) is 1. The van der Waals surface area contributed by atoms with Crippen molar-refractivity contribution in [3.8, 4) is 0 Å². The van der Waals surface area contributed by atoms with E-state index in [0.29, 0.717) is 28.9 Å². The van der Waals surface area contributed by atoms with E-state index in [9.17, 15) is 4.79 Å². The summed E-state index contributed by atoms with van der Waals surface area (Å²) >= 11 is 6.14. The van der Waals surface area contributed by atoms with Gasteiger partial charge in [-0.1, -0.05) is 18.5 Å². The fourth-order valence-electron chi connectivity index (χ4n) is 2.58. The number of likely N-dealkylation sites (tertiary alicyclic amines) is 1. The van der Waals surface area contributed by atoms with Gasteiger partial charge in [0.2, 0.25) is 0 Å². The summed E-state index contributed by atoms with van der Waals surface area (Å²) in [6, 6.07) is 1.72. The number of anilines is 1. The van der Waals surface area contributed by atoms with Crippen LogP contribution in [0.1, 0.15) is 30.6 Å². The van der Waals surface area contributed by atoms with Crippen LogP contribution in [0.3, 0.4) is 0 Å². The molecule has 1 aromatic rings. The van der Waals surface area contributed by atoms with Gasteiger partial charge in [-0.05, 0) is 25.3 Å². The largest absolute Gasteiger partial charge is 0.379 e. The van der Waals surface area contributed by atoms with Crippen LogP contribution in [0.25, 0.3) is 0 Å². The van der Waals surface area contributed by atoms with Crippen molar-refractivity contribution in [1.82, 2.24) is 9.88 Å². The van der Waals surface area contributed by atoms with Gasteiger partial charge in [-0.2, -0.15) is 0 Å². The van der Waals surface area contributed by atoms with Crippen LogP contribution in [-0.2, 0) is 4.74 Å². The second kappa shape index (κ2) is 7.09. The Morgan fingerprint density at radius 1 is 1.62 bits per heavy atom. The van der Waals surface area contributed by atoms with Crippen molar-refractivity contribution < 1.29 is 9.53 Å². The summed E-state index contributed by atoms with van der Waals surface area (Å²) in [4.78, 5) is 18.6. The number of halogens is 1. The average molecular weight is 312 g/mol. The molecule has 0 radical (unpaired) electrons. The van der Waals surface area contributed by atoms with Gasteiger partial charge in [0.15, 0.2) is 0 Å². The molecule has 0 aromatic carbocycles. The molecule has 2 atom stereocenters. The minimum absolute atomic E-state index is 0.0597. The Morgan fingerprint density at radius 2 is 2.38 bits per heavy atom. The van der Waals surface area contributed by atoms with Crippen LogP contribution in [0.5, 0.6) is 0 Å². The molecule has 1 aliphatic heterocycles. The third-order valence-corrected chi connectivity index (χ3v) is 4.22. The number of pyridine rings is 1. The molecule has 1 fully saturated rings. The number of aromatic nitrogens is 1. The molecular formula is C15H22ClN3O2. The van der Waals surface area contributed by atoms with Gasteiger partial charge in [0.1, 0.15) is 5.82 Å². The van der Waals surface area contributed by atoms with Crippen LogP contribution in [-0.4, -0.2) is 48.6 Å². The van der Waals surface area contributed by atoms with E-state index in [1.165, 1.54) is 6.20 Å². The first-order valence-electron chi connectivity index (χ1n) is 7.28. The molecule has 2 heterocycles. The maximum Gasteiger partial charge on any atom is 0.255 e. The van der Waals surface area contributed by atoms with E-state index in [0.717, 1.165) is 19.5 Å². The zero-order chi connectivity index (χ0) is 15.4. The average Bonchev–Trinajstić information content (AvgIpc) is 2.49. The lowest BCUT2D eigenvalue weighted by atomic mass is 9.95. The molecule has 2 unspecified atom stereocenters. The topological polar surface area (TPSA) is 54.5 Å². The van der Waals surface area contributed by atoms with Crippen LogP contribution < -0.4 is 5.32 Å². The van der Waals surface area contributed by atoms with Gasteiger partial charge < -0.3 is 15.0 Å². The minimum atomic E-state index is -0.0597. The fraction of sp³-hybridized carbons (Fsp3) is 0.600. The Bertz CT molecular complexity index is 510. The number of hydrogen-bond acceptors (Lipinski definition) is 4. The Kier molecular flexibility index (Phi) is 5.42. The van der Waals surface area contributed by atoms with Crippen LogP contribution >= 0.6 is 11.6 Å². The van der Waals surface area contributed by atoms with Crippen LogP contribution in [0.2, 0.25) is 5.02 Å². The molecular weight excluding hydrogens is 290 g/mol. The van der Waals surface area contributed by atoms with Crippen molar-refractivity contribution in [3.05, 3.63) is 22.8 Å². The van der Waals surface area contributed by atoms with Crippen LogP contribution in [0.4, 0.5) is 5.82 Å². The standard InChI is InChI=1S/C15H22ClN3O2/c1-4-17-14-7-11(12(16)8-18-14)15(20)19-6-5-10(2)13(9-19)21-3/h7-8,10,13H,4-6,9H2,1-3H3,(H,17,18). The smallest absolute Gasteiger partial charge is 0.255 e. The van der Waals surface area contributed by atoms with Crippen molar-refractivity contribution in [2.75, 3.05) is 32.1 Å². The number of nitrogens with zero attached hydrogens (tertiary/aromatic N) is 2. The van der Waals surface area contributed by atoms with Crippen molar-refractivity contribution in [2.45, 2.75) is 26.4 Å². The highest BCUT2D eigenvalue weighted by Crippen LogP contribution is 2.24. The fourth-order valence-corrected chi connectivity index (χ4v) is 2.76. The molecule has 2 rings (SSSR count). The molecule has 21 heavy (non-hydrogen) atoms. The second-order valence-corrected chi connectivity index (χ2v) is 5.78. The van der Waals surface area contributed by atoms with Gasteiger partial charge in [-0.3, -0.25) is 4.79 Å². The maximum absolute atomic E-state index is 12.7. The van der Waals surface area contributed by atoms with Crippen LogP contribution in [0.15, 0.2) is 12.3 Å². The predicted octanol–water partition coefficient (Wildman–Crippen LogP) is 2.66. The lowest BCUT2D eigenvalue weighted by Crippen LogP contribution is -2.46. The number of amides is 1. The molecule has 1 N–H and O–H groups in total. The zero-order valence-electron chi connectivity index (χ0n) is 12.7. The summed E-state index contributed by atoms with van der Waals surface area (Å²) in [5.41, 5.74) is 0.493. The highest BCUT2D eigenvalue weighted by molar-refractivity contribution is 6.33. The SMILES string of the molecule is CCNc1cc(C(=O)N2CCC(C)C(OC)C2)c(Cl)cn1. The molecule has 1 saturated heterocycles. The first-order chi connectivity index (χ1) is 10.1. The number of piperidine rings is 1. The van der Waals surface area contributed by atoms with E-state index < -0.39 is 0 Å². The normalized spacial score (nSPS) is 22.2. The number of hydrogen-bond donors (Lipinski definition) is 1. The van der Waals surface area contributed by atoms with E-state index in [1.54, 1.807) is 13.2 Å². The molecule has 0 spiro atoms. The van der Waals surface area contributed by atoms with Gasteiger partial charge in [-0.25, -0.2) is 4.98 Å². The number of carbonyl (C=O) groups excluding carboxylic acids is 1. The second-order valence-electron chi connectivity index (χ2n) is 5.37. The molecule has 6 heteroatoms. The minimum Gasteiger partial charge on any atom is -0.379 e. The van der Waals surface area contributed by atoms with Crippen molar-refractivity contribution in [2.24, 2.45) is 5.92 Å². The van der Waals surface area contributed by atoms with E-state index >= 15 is 0 Å². The Balaban J connectivity index is 2.17. The zero-order valence-corrected chi connectivity index (χ0v) is 13.5. The molecule has 1 aliphatic rings. The molecule has 116 valence electrons. The Hall–Kier alpha value is -1.33. The van der Waals surface area contributed by atoms with Gasteiger partial charge in [0.05, 0.1) is 16.7 Å². The summed E-state index contributed by atoms with van der Waals surface area (Å²) in [5.74, 6) is 1.07. The van der Waals surface area contributed by atoms with E-state index in [1.807, 2.05) is 11.8 Å². The Labute approximate surface area is 130 Å². The lowest BCUT2D eigenvalue weighted by Gasteiger charge is -2.36. The molecule has 0 bridgehead atoms. The van der Waals surface area contributed by atoms with Crippen molar-refractivity contribution in [1.29, 1.82) is 0 Å². The lowest BCUT2D eigenvalue weighted by molar-refractivity contribution is -0.00156. The molecule has 0 aliphatic carbocycles. The first-order valence-corrected chi connectivity index (χ1v) is 7.66. The van der Waals surface area contributed by atoms with E-state index in [-0.39, 0.29) is 12.0 Å². The number of methoxy groups -OCH3 is 1. The van der Waals surface area contributed by atoms with E-state index in [4.69, 9.17) is 16.3 Å². The number of ether oxygens (including phenoxy) is 1. The first kappa shape index (κ1) is 16.0. The highest BCUT2D eigenvalue weighted by atomic mass is 35.5. The quantitative estimate of drug-likeness (QED) is 0.929. The van der Waals surface area contributed by atoms with Crippen molar-refractivity contribution >= 4 is 23.3 Å². The van der Waals surface area contributed by atoms with Gasteiger partial charge >= 0.3 is 0 Å². The Morgan fingerprint density at radius 3 is 3.05 bits per heavy atom. The summed E-state index contributed by atoms with van der Waals surface area (Å²) < 4.78 is 5.46. The third kappa shape index (κ3) is 3.66. The monoisotopic (exact) mass is 311 g/mol. The van der Waals surface area contributed by atoms with E-state index in [2.05, 4.69) is 17.2 Å². The summed E-state index contributed by atoms with van der Waals surface area (Å²) in [5, 5.41) is 3.48. The maximum atomic E-state index is 12.7. The summed E-state index contributed by atoms with van der Waals surface area (Å²) in [7, 11) is 1.69. The molecule has 5 nitrogen and oxygen atoms in total. The summed E-state index contributed by atoms with van der Waals surface area (Å²) in [6.45, 7) is 6.21. The molecule has 0 saturated carbocycles. The van der Waals surface area contributed by atoms with Crippen LogP contribution in [0, 0.1) is 5.92 Å². The van der Waals surface area contributed by atoms with Gasteiger partial charge in [-0.15, -0.1) is 0 Å². The molecule has 1 amide bonds. The molecule has 1 aromatic heterocycles. The highest BCUT2D eigenvalue weighted by Gasteiger charge is 2.30. The van der Waals surface area contributed by atoms with Gasteiger partial charge in [0.25, 0.3) is 5.91 Å².